The summed E-state index contributed by atoms with van der Waals surface area (Å²) in [6, 6.07) is 0. The summed E-state index contributed by atoms with van der Waals surface area (Å²) in [7, 11) is 0. The van der Waals surface area contributed by atoms with Crippen LogP contribution in [0.5, 0.6) is 0 Å². The predicted molar refractivity (Wildman–Crippen MR) is 59.9 cm³/mol. The van der Waals surface area contributed by atoms with Gasteiger partial charge in [0, 0.05) is 5.56 Å². The summed E-state index contributed by atoms with van der Waals surface area (Å²) in [5.74, 6) is 0.541. The highest BCUT2D eigenvalue weighted by atomic mass is 32.2. The second-order valence-electron chi connectivity index (χ2n) is 2.70. The van der Waals surface area contributed by atoms with Crippen LogP contribution in [0.4, 0.5) is 5.82 Å². The standard InChI is InChI=1S/C8H9N5S2/c1-2-5-6(9)10-3-11-7(5)15-8-13-12-4-14-8/h3-4H,2H2,1H3,(H2,9,10,11). The molecule has 7 heteroatoms. The molecule has 0 amide bonds. The Morgan fingerprint density at radius 1 is 1.47 bits per heavy atom. The number of hydrogen-bond donors (Lipinski definition) is 1. The molecule has 78 valence electrons. The third kappa shape index (κ3) is 2.24. The molecule has 0 aliphatic rings. The third-order valence-corrected chi connectivity index (χ3v) is 3.64. The zero-order chi connectivity index (χ0) is 10.7. The number of anilines is 1. The van der Waals surface area contributed by atoms with Crippen LogP contribution in [0.1, 0.15) is 12.5 Å². The molecule has 0 aliphatic heterocycles. The minimum atomic E-state index is 0.541. The van der Waals surface area contributed by atoms with Crippen LogP contribution in [0.3, 0.4) is 0 Å². The SMILES string of the molecule is CCc1c(N)ncnc1Sc1nncs1. The summed E-state index contributed by atoms with van der Waals surface area (Å²) < 4.78 is 0.864. The summed E-state index contributed by atoms with van der Waals surface area (Å²) in [6.07, 6.45) is 2.28. The quantitative estimate of drug-likeness (QED) is 0.820. The molecule has 0 bridgehead atoms. The van der Waals surface area contributed by atoms with Gasteiger partial charge in [0.2, 0.25) is 0 Å². The van der Waals surface area contributed by atoms with Crippen molar-refractivity contribution < 1.29 is 0 Å². The average molecular weight is 239 g/mol. The van der Waals surface area contributed by atoms with Gasteiger partial charge in [-0.1, -0.05) is 18.3 Å². The van der Waals surface area contributed by atoms with Crippen molar-refractivity contribution in [3.8, 4) is 0 Å². The Morgan fingerprint density at radius 3 is 3.00 bits per heavy atom. The van der Waals surface area contributed by atoms with Crippen molar-refractivity contribution in [2.24, 2.45) is 0 Å². The van der Waals surface area contributed by atoms with E-state index < -0.39 is 0 Å². The molecule has 2 heterocycles. The fraction of sp³-hybridized carbons (Fsp3) is 0.250. The van der Waals surface area contributed by atoms with E-state index in [4.69, 9.17) is 5.73 Å². The van der Waals surface area contributed by atoms with Crippen molar-refractivity contribution in [2.45, 2.75) is 22.7 Å². The van der Waals surface area contributed by atoms with Gasteiger partial charge in [0.1, 0.15) is 22.7 Å². The fourth-order valence-electron chi connectivity index (χ4n) is 1.12. The van der Waals surface area contributed by atoms with Gasteiger partial charge in [-0.25, -0.2) is 9.97 Å². The van der Waals surface area contributed by atoms with Crippen molar-refractivity contribution in [1.82, 2.24) is 20.2 Å². The number of hydrogen-bond acceptors (Lipinski definition) is 7. The summed E-state index contributed by atoms with van der Waals surface area (Å²) in [5, 5.41) is 8.58. The van der Waals surface area contributed by atoms with E-state index in [1.165, 1.54) is 29.4 Å². The molecule has 2 aromatic rings. The van der Waals surface area contributed by atoms with Gasteiger partial charge in [-0.2, -0.15) is 0 Å². The molecular formula is C8H9N5S2. The van der Waals surface area contributed by atoms with E-state index in [0.717, 1.165) is 21.3 Å². The van der Waals surface area contributed by atoms with Crippen LogP contribution in [0.2, 0.25) is 0 Å². The van der Waals surface area contributed by atoms with E-state index in [2.05, 4.69) is 20.2 Å². The number of nitrogens with two attached hydrogens (primary N) is 1. The Morgan fingerprint density at radius 2 is 2.33 bits per heavy atom. The average Bonchev–Trinajstić information content (AvgIpc) is 2.71. The lowest BCUT2D eigenvalue weighted by atomic mass is 10.2. The first kappa shape index (κ1) is 10.3. The highest BCUT2D eigenvalue weighted by Crippen LogP contribution is 2.30. The summed E-state index contributed by atoms with van der Waals surface area (Å²) in [6.45, 7) is 2.03. The van der Waals surface area contributed by atoms with Crippen LogP contribution in [-0.4, -0.2) is 20.2 Å². The smallest absolute Gasteiger partial charge is 0.180 e. The van der Waals surface area contributed by atoms with E-state index in [-0.39, 0.29) is 0 Å². The number of aromatic nitrogens is 4. The van der Waals surface area contributed by atoms with Crippen LogP contribution in [0.15, 0.2) is 21.2 Å². The zero-order valence-corrected chi connectivity index (χ0v) is 9.68. The number of nitrogens with zero attached hydrogens (tertiary/aromatic N) is 4. The summed E-state index contributed by atoms with van der Waals surface area (Å²) >= 11 is 2.96. The van der Waals surface area contributed by atoms with Crippen molar-refractivity contribution >= 4 is 28.9 Å². The van der Waals surface area contributed by atoms with Crippen LogP contribution in [0.25, 0.3) is 0 Å². The summed E-state index contributed by atoms with van der Waals surface area (Å²) in [5.41, 5.74) is 8.43. The molecule has 0 aromatic carbocycles. The molecule has 2 aromatic heterocycles. The van der Waals surface area contributed by atoms with Gasteiger partial charge in [-0.3, -0.25) is 0 Å². The zero-order valence-electron chi connectivity index (χ0n) is 8.04. The molecule has 0 saturated carbocycles. The first-order chi connectivity index (χ1) is 7.31. The van der Waals surface area contributed by atoms with Crippen molar-refractivity contribution in [1.29, 1.82) is 0 Å². The molecule has 15 heavy (non-hydrogen) atoms. The normalized spacial score (nSPS) is 10.5. The van der Waals surface area contributed by atoms with Gasteiger partial charge in [0.15, 0.2) is 4.34 Å². The minimum Gasteiger partial charge on any atom is -0.383 e. The van der Waals surface area contributed by atoms with Crippen LogP contribution in [-0.2, 0) is 6.42 Å². The lowest BCUT2D eigenvalue weighted by Crippen LogP contribution is -2.00. The largest absolute Gasteiger partial charge is 0.383 e. The number of rotatable bonds is 3. The van der Waals surface area contributed by atoms with Gasteiger partial charge in [0.25, 0.3) is 0 Å². The van der Waals surface area contributed by atoms with E-state index in [9.17, 15) is 0 Å². The third-order valence-electron chi connectivity index (χ3n) is 1.82. The highest BCUT2D eigenvalue weighted by Gasteiger charge is 2.10. The summed E-state index contributed by atoms with van der Waals surface area (Å²) in [4.78, 5) is 8.16. The van der Waals surface area contributed by atoms with Crippen molar-refractivity contribution in [2.75, 3.05) is 5.73 Å². The van der Waals surface area contributed by atoms with Crippen LogP contribution < -0.4 is 5.73 Å². The molecule has 0 radical (unpaired) electrons. The molecular weight excluding hydrogens is 230 g/mol. The fourth-order valence-corrected chi connectivity index (χ4v) is 2.68. The molecule has 0 atom stereocenters. The number of nitrogen functional groups attached to an aromatic ring is 1. The maximum atomic E-state index is 5.76. The van der Waals surface area contributed by atoms with E-state index >= 15 is 0 Å². The monoisotopic (exact) mass is 239 g/mol. The first-order valence-electron chi connectivity index (χ1n) is 4.34. The second kappa shape index (κ2) is 4.54. The Balaban J connectivity index is 2.32. The van der Waals surface area contributed by atoms with Gasteiger partial charge < -0.3 is 5.73 Å². The molecule has 0 aliphatic carbocycles. The maximum Gasteiger partial charge on any atom is 0.180 e. The van der Waals surface area contributed by atoms with Gasteiger partial charge in [-0.15, -0.1) is 10.2 Å². The Kier molecular flexibility index (Phi) is 3.12. The molecule has 2 N–H and O–H groups in total. The molecule has 0 fully saturated rings. The molecule has 0 saturated heterocycles. The second-order valence-corrected chi connectivity index (χ2v) is 4.77. The lowest BCUT2D eigenvalue weighted by molar-refractivity contribution is 0.946. The molecule has 0 unspecified atom stereocenters. The highest BCUT2D eigenvalue weighted by molar-refractivity contribution is 8.01. The Labute approximate surface area is 95.2 Å². The lowest BCUT2D eigenvalue weighted by Gasteiger charge is -2.05. The van der Waals surface area contributed by atoms with Crippen LogP contribution in [0, 0.1) is 0 Å². The van der Waals surface area contributed by atoms with Crippen LogP contribution >= 0.6 is 23.1 Å². The topological polar surface area (TPSA) is 77.6 Å². The maximum absolute atomic E-state index is 5.76. The Bertz CT molecular complexity index is 442. The Hall–Kier alpha value is -1.21. The minimum absolute atomic E-state index is 0.541. The van der Waals surface area contributed by atoms with E-state index in [0.29, 0.717) is 5.82 Å². The molecule has 2 rings (SSSR count). The van der Waals surface area contributed by atoms with Crippen molar-refractivity contribution in [3.05, 3.63) is 17.4 Å². The molecule has 0 spiro atoms. The van der Waals surface area contributed by atoms with Crippen molar-refractivity contribution in [3.63, 3.8) is 0 Å². The molecule has 5 nitrogen and oxygen atoms in total. The van der Waals surface area contributed by atoms with Gasteiger partial charge in [-0.05, 0) is 18.2 Å². The van der Waals surface area contributed by atoms with E-state index in [1.54, 1.807) is 5.51 Å². The van der Waals surface area contributed by atoms with Gasteiger partial charge >= 0.3 is 0 Å². The van der Waals surface area contributed by atoms with E-state index in [1.807, 2.05) is 6.92 Å². The van der Waals surface area contributed by atoms with Gasteiger partial charge in [0.05, 0.1) is 0 Å². The first-order valence-corrected chi connectivity index (χ1v) is 6.04. The predicted octanol–water partition coefficient (Wildman–Crippen LogP) is 1.62.